The maximum Gasteiger partial charge on any atom is 0.228 e. The van der Waals surface area contributed by atoms with Crippen LogP contribution in [-0.2, 0) is 17.6 Å². The van der Waals surface area contributed by atoms with Gasteiger partial charge in [-0.1, -0.05) is 19.1 Å². The highest BCUT2D eigenvalue weighted by Crippen LogP contribution is 2.19. The van der Waals surface area contributed by atoms with Gasteiger partial charge in [-0.25, -0.2) is 8.78 Å². The SMILES string of the molecule is CCc1ccc(NC(=O)Cc2ccc(F)c(F)c2)cc1N. The first-order chi connectivity index (χ1) is 9.99. The molecule has 5 heteroatoms. The second-order valence-corrected chi connectivity index (χ2v) is 4.74. The number of rotatable bonds is 4. The number of nitrogens with one attached hydrogen (secondary N) is 1. The summed E-state index contributed by atoms with van der Waals surface area (Å²) in [6.07, 6.45) is 0.779. The minimum atomic E-state index is -0.961. The van der Waals surface area contributed by atoms with Crippen LogP contribution in [0.5, 0.6) is 0 Å². The first-order valence-electron chi connectivity index (χ1n) is 6.61. The van der Waals surface area contributed by atoms with Gasteiger partial charge in [-0.2, -0.15) is 0 Å². The lowest BCUT2D eigenvalue weighted by Gasteiger charge is -2.09. The van der Waals surface area contributed by atoms with Crippen molar-refractivity contribution in [2.24, 2.45) is 0 Å². The molecule has 0 aromatic heterocycles. The van der Waals surface area contributed by atoms with Crippen molar-refractivity contribution in [3.8, 4) is 0 Å². The first kappa shape index (κ1) is 15.0. The third-order valence-electron chi connectivity index (χ3n) is 3.16. The molecule has 0 saturated carbocycles. The minimum absolute atomic E-state index is 0.0351. The molecule has 0 fully saturated rings. The maximum atomic E-state index is 13.1. The van der Waals surface area contributed by atoms with E-state index in [1.807, 2.05) is 13.0 Å². The summed E-state index contributed by atoms with van der Waals surface area (Å²) in [6, 6.07) is 8.70. The Kier molecular flexibility index (Phi) is 4.52. The van der Waals surface area contributed by atoms with Crippen LogP contribution in [0, 0.1) is 11.6 Å². The molecule has 110 valence electrons. The molecule has 3 N–H and O–H groups in total. The van der Waals surface area contributed by atoms with Crippen molar-refractivity contribution in [1.29, 1.82) is 0 Å². The van der Waals surface area contributed by atoms with E-state index in [9.17, 15) is 13.6 Å². The van der Waals surface area contributed by atoms with E-state index in [-0.39, 0.29) is 12.3 Å². The zero-order chi connectivity index (χ0) is 15.4. The summed E-state index contributed by atoms with van der Waals surface area (Å²) < 4.78 is 25.9. The second-order valence-electron chi connectivity index (χ2n) is 4.74. The number of hydrogen-bond acceptors (Lipinski definition) is 2. The summed E-state index contributed by atoms with van der Waals surface area (Å²) >= 11 is 0. The molecule has 0 aliphatic heterocycles. The highest BCUT2D eigenvalue weighted by atomic mass is 19.2. The van der Waals surface area contributed by atoms with E-state index in [1.165, 1.54) is 6.07 Å². The molecule has 0 radical (unpaired) electrons. The van der Waals surface area contributed by atoms with Gasteiger partial charge in [-0.05, 0) is 41.8 Å². The third-order valence-corrected chi connectivity index (χ3v) is 3.16. The van der Waals surface area contributed by atoms with Crippen LogP contribution in [0.2, 0.25) is 0 Å². The van der Waals surface area contributed by atoms with Crippen molar-refractivity contribution in [3.63, 3.8) is 0 Å². The van der Waals surface area contributed by atoms with Crippen molar-refractivity contribution < 1.29 is 13.6 Å². The Morgan fingerprint density at radius 1 is 1.14 bits per heavy atom. The summed E-state index contributed by atoms with van der Waals surface area (Å²) in [7, 11) is 0. The number of benzene rings is 2. The Bertz CT molecular complexity index is 671. The van der Waals surface area contributed by atoms with Gasteiger partial charge in [-0.15, -0.1) is 0 Å². The molecule has 0 atom stereocenters. The summed E-state index contributed by atoms with van der Waals surface area (Å²) in [6.45, 7) is 1.99. The zero-order valence-corrected chi connectivity index (χ0v) is 11.6. The van der Waals surface area contributed by atoms with Crippen LogP contribution in [0.3, 0.4) is 0 Å². The van der Waals surface area contributed by atoms with Crippen molar-refractivity contribution >= 4 is 17.3 Å². The van der Waals surface area contributed by atoms with Crippen molar-refractivity contribution in [3.05, 3.63) is 59.2 Å². The smallest absolute Gasteiger partial charge is 0.228 e. The Hall–Kier alpha value is -2.43. The predicted molar refractivity (Wildman–Crippen MR) is 78.9 cm³/mol. The van der Waals surface area contributed by atoms with Gasteiger partial charge >= 0.3 is 0 Å². The fourth-order valence-electron chi connectivity index (χ4n) is 2.03. The maximum absolute atomic E-state index is 13.1. The monoisotopic (exact) mass is 290 g/mol. The third kappa shape index (κ3) is 3.78. The van der Waals surface area contributed by atoms with Gasteiger partial charge in [0.25, 0.3) is 0 Å². The van der Waals surface area contributed by atoms with Crippen LogP contribution in [0.1, 0.15) is 18.1 Å². The molecule has 0 aliphatic carbocycles. The Morgan fingerprint density at radius 3 is 2.52 bits per heavy atom. The topological polar surface area (TPSA) is 55.1 Å². The number of halogens is 2. The number of hydrogen-bond donors (Lipinski definition) is 2. The largest absolute Gasteiger partial charge is 0.398 e. The van der Waals surface area contributed by atoms with E-state index < -0.39 is 11.6 Å². The average molecular weight is 290 g/mol. The van der Waals surface area contributed by atoms with Gasteiger partial charge in [0.05, 0.1) is 6.42 Å². The molecule has 2 aromatic rings. The van der Waals surface area contributed by atoms with Gasteiger partial charge in [0, 0.05) is 11.4 Å². The summed E-state index contributed by atoms with van der Waals surface area (Å²) in [5, 5.41) is 2.68. The summed E-state index contributed by atoms with van der Waals surface area (Å²) in [5.41, 5.74) is 8.46. The molecule has 0 saturated heterocycles. The van der Waals surface area contributed by atoms with E-state index in [0.717, 1.165) is 24.1 Å². The van der Waals surface area contributed by atoms with Crippen LogP contribution in [-0.4, -0.2) is 5.91 Å². The molecular formula is C16H16F2N2O. The van der Waals surface area contributed by atoms with Crippen LogP contribution >= 0.6 is 0 Å². The van der Waals surface area contributed by atoms with Crippen LogP contribution in [0.25, 0.3) is 0 Å². The Morgan fingerprint density at radius 2 is 1.90 bits per heavy atom. The lowest BCUT2D eigenvalue weighted by molar-refractivity contribution is -0.115. The van der Waals surface area contributed by atoms with Gasteiger partial charge in [0.1, 0.15) is 0 Å². The van der Waals surface area contributed by atoms with E-state index >= 15 is 0 Å². The molecule has 3 nitrogen and oxygen atoms in total. The van der Waals surface area contributed by atoms with Crippen LogP contribution in [0.4, 0.5) is 20.2 Å². The quantitative estimate of drug-likeness (QED) is 0.849. The molecular weight excluding hydrogens is 274 g/mol. The average Bonchev–Trinajstić information content (AvgIpc) is 2.43. The predicted octanol–water partition coefficient (Wildman–Crippen LogP) is 3.29. The molecule has 2 rings (SSSR count). The zero-order valence-electron chi connectivity index (χ0n) is 11.6. The van der Waals surface area contributed by atoms with Crippen LogP contribution < -0.4 is 11.1 Å². The fraction of sp³-hybridized carbons (Fsp3) is 0.188. The molecule has 0 bridgehead atoms. The van der Waals surface area contributed by atoms with E-state index in [4.69, 9.17) is 5.73 Å². The molecule has 1 amide bonds. The minimum Gasteiger partial charge on any atom is -0.398 e. The van der Waals surface area contributed by atoms with Crippen molar-refractivity contribution in [2.45, 2.75) is 19.8 Å². The Labute approximate surface area is 121 Å². The van der Waals surface area contributed by atoms with Gasteiger partial charge in [0.15, 0.2) is 11.6 Å². The van der Waals surface area contributed by atoms with E-state index in [0.29, 0.717) is 16.9 Å². The van der Waals surface area contributed by atoms with E-state index in [1.54, 1.807) is 12.1 Å². The lowest BCUT2D eigenvalue weighted by Crippen LogP contribution is -2.15. The summed E-state index contributed by atoms with van der Waals surface area (Å²) in [5.74, 6) is -2.21. The van der Waals surface area contributed by atoms with Crippen molar-refractivity contribution in [2.75, 3.05) is 11.1 Å². The number of nitrogen functional groups attached to an aromatic ring is 1. The van der Waals surface area contributed by atoms with Crippen LogP contribution in [0.15, 0.2) is 36.4 Å². The molecule has 0 spiro atoms. The molecule has 21 heavy (non-hydrogen) atoms. The number of nitrogens with two attached hydrogens (primary N) is 1. The lowest BCUT2D eigenvalue weighted by atomic mass is 10.1. The standard InChI is InChI=1S/C16H16F2N2O/c1-2-11-4-5-12(9-15(11)19)20-16(21)8-10-3-6-13(17)14(18)7-10/h3-7,9H,2,8,19H2,1H3,(H,20,21). The fourth-order valence-corrected chi connectivity index (χ4v) is 2.03. The Balaban J connectivity index is 2.04. The summed E-state index contributed by atoms with van der Waals surface area (Å²) in [4.78, 5) is 11.9. The molecule has 0 heterocycles. The highest BCUT2D eigenvalue weighted by molar-refractivity contribution is 5.92. The highest BCUT2D eigenvalue weighted by Gasteiger charge is 2.08. The number of carbonyl (C=O) groups is 1. The normalized spacial score (nSPS) is 10.4. The van der Waals surface area contributed by atoms with Gasteiger partial charge in [-0.3, -0.25) is 4.79 Å². The van der Waals surface area contributed by atoms with Gasteiger partial charge in [0.2, 0.25) is 5.91 Å². The number of carbonyl (C=O) groups excluding carboxylic acids is 1. The van der Waals surface area contributed by atoms with Crippen molar-refractivity contribution in [1.82, 2.24) is 0 Å². The van der Waals surface area contributed by atoms with E-state index in [2.05, 4.69) is 5.32 Å². The number of amides is 1. The second kappa shape index (κ2) is 6.35. The molecule has 2 aromatic carbocycles. The first-order valence-corrected chi connectivity index (χ1v) is 6.61. The number of aryl methyl sites for hydroxylation is 1. The number of anilines is 2. The van der Waals surface area contributed by atoms with Gasteiger partial charge < -0.3 is 11.1 Å². The molecule has 0 aliphatic rings. The molecule has 0 unspecified atom stereocenters.